The third kappa shape index (κ3) is 1.69. The van der Waals surface area contributed by atoms with Gasteiger partial charge in [0.25, 0.3) is 6.43 Å². The number of H-pyrrole nitrogens is 1. The van der Waals surface area contributed by atoms with Gasteiger partial charge < -0.3 is 4.98 Å². The lowest BCUT2D eigenvalue weighted by molar-refractivity contribution is 0.144. The van der Waals surface area contributed by atoms with Gasteiger partial charge in [-0.25, -0.2) is 8.78 Å². The van der Waals surface area contributed by atoms with Gasteiger partial charge in [-0.3, -0.25) is 4.79 Å². The van der Waals surface area contributed by atoms with Crippen molar-refractivity contribution in [2.24, 2.45) is 0 Å². The van der Waals surface area contributed by atoms with Gasteiger partial charge in [0.15, 0.2) is 0 Å². The van der Waals surface area contributed by atoms with Crippen molar-refractivity contribution >= 4 is 0 Å². The molecule has 0 aliphatic heterocycles. The number of aromatic nitrogens is 1. The van der Waals surface area contributed by atoms with Gasteiger partial charge >= 0.3 is 0 Å². The molecule has 65 valence electrons. The van der Waals surface area contributed by atoms with Crippen LogP contribution >= 0.6 is 0 Å². The first-order valence-corrected chi connectivity index (χ1v) is 3.44. The van der Waals surface area contributed by atoms with Crippen LogP contribution in [0.1, 0.15) is 17.7 Å². The molecule has 0 atom stereocenters. The Bertz CT molecular complexity index is 319. The Morgan fingerprint density at radius 1 is 1.50 bits per heavy atom. The highest BCUT2D eigenvalue weighted by molar-refractivity contribution is 5.21. The smallest absolute Gasteiger partial charge is 0.278 e. The van der Waals surface area contributed by atoms with Crippen LogP contribution in [0.3, 0.4) is 0 Å². The fraction of sp³-hybridized carbons (Fsp3) is 0.250. The maximum absolute atomic E-state index is 12.2. The average molecular weight is 172 g/mol. The van der Waals surface area contributed by atoms with Gasteiger partial charge in [0.2, 0.25) is 5.56 Å². The number of halogens is 2. The summed E-state index contributed by atoms with van der Waals surface area (Å²) in [5.41, 5.74) is -0.454. The minimum absolute atomic E-state index is 0.246. The van der Waals surface area contributed by atoms with E-state index in [1.807, 2.05) is 0 Å². The van der Waals surface area contributed by atoms with Gasteiger partial charge in [-0.15, -0.1) is 0 Å². The fourth-order valence-electron chi connectivity index (χ4n) is 0.933. The number of aromatic amines is 1. The summed E-state index contributed by atoms with van der Waals surface area (Å²) in [5, 5.41) is 0. The van der Waals surface area contributed by atoms with Gasteiger partial charge in [0.1, 0.15) is 0 Å². The maximum atomic E-state index is 12.2. The van der Waals surface area contributed by atoms with Gasteiger partial charge in [-0.2, -0.15) is 0 Å². The zero-order valence-electron chi connectivity index (χ0n) is 6.31. The molecule has 1 radical (unpaired) electrons. The van der Waals surface area contributed by atoms with E-state index in [0.717, 1.165) is 0 Å². The second-order valence-electron chi connectivity index (χ2n) is 2.31. The van der Waals surface area contributed by atoms with E-state index < -0.39 is 12.0 Å². The van der Waals surface area contributed by atoms with Crippen molar-refractivity contribution in [1.29, 1.82) is 0 Å². The molecule has 0 aliphatic rings. The molecule has 12 heavy (non-hydrogen) atoms. The fourth-order valence-corrected chi connectivity index (χ4v) is 0.933. The molecular formula is C8H8F2NO. The summed E-state index contributed by atoms with van der Waals surface area (Å²) in [6, 6.07) is 2.58. The number of hydrogen-bond donors (Lipinski definition) is 1. The van der Waals surface area contributed by atoms with Crippen LogP contribution in [-0.2, 0) is 6.42 Å². The molecule has 1 aromatic rings. The summed E-state index contributed by atoms with van der Waals surface area (Å²) in [5.74, 6) is 0. The van der Waals surface area contributed by atoms with Crippen LogP contribution in [-0.4, -0.2) is 4.98 Å². The minimum Gasteiger partial charge on any atom is -0.321 e. The molecule has 0 aliphatic carbocycles. The zero-order valence-corrected chi connectivity index (χ0v) is 6.31. The largest absolute Gasteiger partial charge is 0.321 e. The van der Waals surface area contributed by atoms with E-state index >= 15 is 0 Å². The van der Waals surface area contributed by atoms with E-state index in [1.54, 1.807) is 0 Å². The summed E-state index contributed by atoms with van der Waals surface area (Å²) in [7, 11) is 0. The van der Waals surface area contributed by atoms with Crippen LogP contribution in [0.5, 0.6) is 0 Å². The number of hydrogen-bond acceptors (Lipinski definition) is 1. The molecule has 1 rings (SSSR count). The van der Waals surface area contributed by atoms with E-state index in [9.17, 15) is 13.6 Å². The van der Waals surface area contributed by atoms with E-state index in [2.05, 4.69) is 11.9 Å². The van der Waals surface area contributed by atoms with E-state index in [-0.39, 0.29) is 12.1 Å². The topological polar surface area (TPSA) is 32.9 Å². The summed E-state index contributed by atoms with van der Waals surface area (Å²) < 4.78 is 24.4. The van der Waals surface area contributed by atoms with Crippen LogP contribution < -0.4 is 5.56 Å². The normalized spacial score (nSPS) is 10.7. The van der Waals surface area contributed by atoms with Gasteiger partial charge in [-0.1, -0.05) is 6.07 Å². The Labute approximate surface area is 68.2 Å². The van der Waals surface area contributed by atoms with E-state index in [1.165, 1.54) is 12.1 Å². The molecule has 4 heteroatoms. The molecule has 1 heterocycles. The van der Waals surface area contributed by atoms with Crippen molar-refractivity contribution in [3.63, 3.8) is 0 Å². The van der Waals surface area contributed by atoms with Crippen LogP contribution in [0, 0.1) is 6.92 Å². The first-order chi connectivity index (χ1) is 5.65. The second-order valence-corrected chi connectivity index (χ2v) is 2.31. The SMILES string of the molecule is [CH2]Cc1ccc(=O)[nH]c1C(F)F. The van der Waals surface area contributed by atoms with Crippen molar-refractivity contribution in [3.05, 3.63) is 40.7 Å². The lowest BCUT2D eigenvalue weighted by Gasteiger charge is -2.04. The molecule has 0 aromatic carbocycles. The molecule has 2 nitrogen and oxygen atoms in total. The standard InChI is InChI=1S/C8H8F2NO/c1-2-5-3-4-6(12)11-7(5)8(9)10/h3-4,8H,1-2H2,(H,11,12). The predicted octanol–water partition coefficient (Wildman–Crippen LogP) is 1.69. The Kier molecular flexibility index (Phi) is 2.58. The Hall–Kier alpha value is -1.19. The summed E-state index contributed by atoms with van der Waals surface area (Å²) in [6.45, 7) is 3.47. The monoisotopic (exact) mass is 172 g/mol. The van der Waals surface area contributed by atoms with Crippen LogP contribution in [0.15, 0.2) is 16.9 Å². The van der Waals surface area contributed by atoms with Gasteiger partial charge in [-0.05, 0) is 18.9 Å². The summed E-state index contributed by atoms with van der Waals surface area (Å²) >= 11 is 0. The minimum atomic E-state index is -2.64. The highest BCUT2D eigenvalue weighted by Crippen LogP contribution is 2.18. The van der Waals surface area contributed by atoms with E-state index in [0.29, 0.717) is 5.56 Å². The summed E-state index contributed by atoms with van der Waals surface area (Å²) in [6.07, 6.45) is -2.40. The van der Waals surface area contributed by atoms with Gasteiger partial charge in [0, 0.05) is 6.07 Å². The van der Waals surface area contributed by atoms with E-state index in [4.69, 9.17) is 0 Å². The molecule has 1 N–H and O–H groups in total. The molecule has 0 saturated heterocycles. The summed E-state index contributed by atoms with van der Waals surface area (Å²) in [4.78, 5) is 12.7. The third-order valence-electron chi connectivity index (χ3n) is 1.53. The molecular weight excluding hydrogens is 164 g/mol. The maximum Gasteiger partial charge on any atom is 0.278 e. The molecule has 0 unspecified atom stereocenters. The van der Waals surface area contributed by atoms with Crippen molar-refractivity contribution in [2.45, 2.75) is 12.8 Å². The molecule has 0 spiro atoms. The van der Waals surface area contributed by atoms with Crippen LogP contribution in [0.25, 0.3) is 0 Å². The lowest BCUT2D eigenvalue weighted by Crippen LogP contribution is -2.10. The Morgan fingerprint density at radius 2 is 2.17 bits per heavy atom. The lowest BCUT2D eigenvalue weighted by atomic mass is 10.1. The zero-order chi connectivity index (χ0) is 9.14. The second kappa shape index (κ2) is 3.47. The molecule has 0 amide bonds. The van der Waals surface area contributed by atoms with Crippen molar-refractivity contribution in [1.82, 2.24) is 4.98 Å². The predicted molar refractivity (Wildman–Crippen MR) is 41.1 cm³/mol. The first-order valence-electron chi connectivity index (χ1n) is 3.44. The third-order valence-corrected chi connectivity index (χ3v) is 1.53. The van der Waals surface area contributed by atoms with Crippen molar-refractivity contribution < 1.29 is 8.78 Å². The molecule has 0 fully saturated rings. The van der Waals surface area contributed by atoms with Crippen LogP contribution in [0.4, 0.5) is 8.78 Å². The number of pyridine rings is 1. The number of nitrogens with one attached hydrogen (secondary N) is 1. The highest BCUT2D eigenvalue weighted by atomic mass is 19.3. The van der Waals surface area contributed by atoms with Crippen molar-refractivity contribution in [3.8, 4) is 0 Å². The quantitative estimate of drug-likeness (QED) is 0.723. The molecule has 1 aromatic heterocycles. The highest BCUT2D eigenvalue weighted by Gasteiger charge is 2.11. The number of alkyl halides is 2. The van der Waals surface area contributed by atoms with Crippen molar-refractivity contribution in [2.75, 3.05) is 0 Å². The average Bonchev–Trinajstić information content (AvgIpc) is 2.04. The number of rotatable bonds is 2. The van der Waals surface area contributed by atoms with Gasteiger partial charge in [0.05, 0.1) is 5.69 Å². The first kappa shape index (κ1) is 8.90. The van der Waals surface area contributed by atoms with Crippen LogP contribution in [0.2, 0.25) is 0 Å². The Balaban J connectivity index is 3.21. The molecule has 0 bridgehead atoms. The molecule has 0 saturated carbocycles. The Morgan fingerprint density at radius 3 is 2.67 bits per heavy atom.